The molecule has 0 aromatic rings. The van der Waals surface area contributed by atoms with Gasteiger partial charge in [-0.3, -0.25) is 28.2 Å². The number of ether oxygens (including phenoxy) is 8. The Morgan fingerprint density at radius 2 is 0.630 bits per heavy atom. The lowest BCUT2D eigenvalue weighted by Gasteiger charge is -2.50. The third kappa shape index (κ3) is 51.2. The molecule has 0 radical (unpaired) electrons. The van der Waals surface area contributed by atoms with Crippen LogP contribution >= 0.6 is 7.82 Å². The molecule has 119 heavy (non-hydrogen) atoms. The molecule has 25 nitrogen and oxygen atoms in total. The van der Waals surface area contributed by atoms with E-state index in [1.165, 1.54) is 199 Å². The second-order valence-corrected chi connectivity index (χ2v) is 36.9. The highest BCUT2D eigenvalue weighted by Crippen LogP contribution is 2.49. The summed E-state index contributed by atoms with van der Waals surface area (Å²) in [5.41, 5.74) is 0. The minimum Gasteiger partial charge on any atom is -0.463 e. The first-order chi connectivity index (χ1) is 57.5. The minimum absolute atomic E-state index is 0.0194. The van der Waals surface area contributed by atoms with Crippen molar-refractivity contribution in [2.45, 2.75) is 531 Å². The number of rotatable bonds is 78. The van der Waals surface area contributed by atoms with E-state index < -0.39 is 162 Å². The average Bonchev–Trinajstić information content (AvgIpc) is 0.754. The molecule has 702 valence electrons. The van der Waals surface area contributed by atoms with Gasteiger partial charge in [0.1, 0.15) is 92.6 Å². The van der Waals surface area contributed by atoms with E-state index in [1.54, 1.807) is 0 Å². The van der Waals surface area contributed by atoms with Crippen LogP contribution in [0.5, 0.6) is 0 Å². The quantitative estimate of drug-likeness (QED) is 0.0117. The number of hydrogen-bond donors (Lipinski definition) is 10. The summed E-state index contributed by atoms with van der Waals surface area (Å²) < 4.78 is 73.6. The van der Waals surface area contributed by atoms with E-state index >= 15 is 0 Å². The molecule has 0 aromatic carbocycles. The summed E-state index contributed by atoms with van der Waals surface area (Å²) in [5.74, 6) is -1.59. The number of phosphoric acid groups is 1. The fraction of sp³-hybridized carbons (Fsp3) is 0.957. The summed E-state index contributed by atoms with van der Waals surface area (Å²) in [5, 5.41) is 102. The van der Waals surface area contributed by atoms with Gasteiger partial charge in [0.15, 0.2) is 24.8 Å². The smallest absolute Gasteiger partial charge is 0.463 e. The Morgan fingerprint density at radius 1 is 0.328 bits per heavy atom. The maximum atomic E-state index is 14.9. The van der Waals surface area contributed by atoms with Crippen LogP contribution in [0.4, 0.5) is 0 Å². The Labute approximate surface area is 719 Å². The largest absolute Gasteiger partial charge is 0.472 e. The molecule has 0 aromatic heterocycles. The normalized spacial score (nSPS) is 25.3. The number of esters is 4. The van der Waals surface area contributed by atoms with Crippen LogP contribution in [0.15, 0.2) is 0 Å². The lowest BCUT2D eigenvalue weighted by atomic mass is 9.84. The van der Waals surface area contributed by atoms with E-state index in [0.717, 1.165) is 128 Å². The zero-order chi connectivity index (χ0) is 87.1. The molecule has 1 aliphatic carbocycles. The number of hydrogen-bond acceptors (Lipinski definition) is 24. The zero-order valence-corrected chi connectivity index (χ0v) is 76.2. The Hall–Kier alpha value is -2.53. The van der Waals surface area contributed by atoms with Crippen molar-refractivity contribution >= 4 is 31.7 Å². The lowest BCUT2D eigenvalue weighted by molar-refractivity contribution is -0.360. The van der Waals surface area contributed by atoms with Gasteiger partial charge in [0.25, 0.3) is 0 Å². The van der Waals surface area contributed by atoms with Gasteiger partial charge in [0, 0.05) is 25.7 Å². The predicted molar refractivity (Wildman–Crippen MR) is 463 cm³/mol. The number of carbonyl (C=O) groups excluding carboxylic acids is 4. The zero-order valence-electron chi connectivity index (χ0n) is 75.3. The van der Waals surface area contributed by atoms with Crippen LogP contribution in [0.3, 0.4) is 0 Å². The summed E-state index contributed by atoms with van der Waals surface area (Å²) in [6.07, 6.45) is 25.2. The highest BCUT2D eigenvalue weighted by atomic mass is 31.2. The first kappa shape index (κ1) is 111. The molecule has 10 N–H and O–H groups in total. The van der Waals surface area contributed by atoms with Gasteiger partial charge in [0.05, 0.1) is 13.2 Å². The van der Waals surface area contributed by atoms with E-state index in [-0.39, 0.29) is 25.7 Å². The van der Waals surface area contributed by atoms with Crippen molar-refractivity contribution in [2.75, 3.05) is 26.4 Å². The van der Waals surface area contributed by atoms with E-state index in [0.29, 0.717) is 43.9 Å². The van der Waals surface area contributed by atoms with E-state index in [4.69, 9.17) is 46.9 Å². The molecular formula is C93H175O25P. The minimum atomic E-state index is -5.81. The molecule has 20 unspecified atom stereocenters. The molecule has 3 aliphatic rings. The first-order valence-electron chi connectivity index (χ1n) is 48.6. The SMILES string of the molecule is CCCCCCCCCCCCCCCCCC(=O)OCC1OC(OC2C(OC(=O)CCCCCCCCCCCCCCC)C(O)C(O)C(OC3OC(CO)C(O)C(O)C3O)C2OP(=O)(O)OCC(COC(=O)CCCCCCCCC(C)CCCCCCCC)OC(=O)CCCCCCCCC(C)CCCCCCCC)C(O)C(O)C1O. The molecule has 26 heteroatoms. The van der Waals surface area contributed by atoms with Crippen molar-refractivity contribution in [3.8, 4) is 0 Å². The van der Waals surface area contributed by atoms with Gasteiger partial charge in [-0.1, -0.05) is 375 Å². The second-order valence-electron chi connectivity index (χ2n) is 35.5. The third-order valence-corrected chi connectivity index (χ3v) is 25.4. The average molecular weight is 1720 g/mol. The highest BCUT2D eigenvalue weighted by Gasteiger charge is 2.60. The molecule has 0 bridgehead atoms. The molecule has 2 aliphatic heterocycles. The van der Waals surface area contributed by atoms with E-state index in [2.05, 4.69) is 41.5 Å². The summed E-state index contributed by atoms with van der Waals surface area (Å²) in [4.78, 5) is 66.6. The van der Waals surface area contributed by atoms with Gasteiger partial charge in [-0.05, 0) is 37.5 Å². The van der Waals surface area contributed by atoms with Crippen LogP contribution in [0.2, 0.25) is 0 Å². The number of aliphatic hydroxyl groups is 9. The molecule has 20 atom stereocenters. The first-order valence-corrected chi connectivity index (χ1v) is 50.0. The molecule has 3 fully saturated rings. The number of carbonyl (C=O) groups is 4. The van der Waals surface area contributed by atoms with Gasteiger partial charge in [-0.15, -0.1) is 0 Å². The van der Waals surface area contributed by atoms with E-state index in [1.807, 2.05) is 0 Å². The third-order valence-electron chi connectivity index (χ3n) is 24.4. The lowest BCUT2D eigenvalue weighted by Crippen LogP contribution is -2.70. The van der Waals surface area contributed by atoms with Crippen LogP contribution in [0.1, 0.15) is 427 Å². The van der Waals surface area contributed by atoms with Gasteiger partial charge < -0.3 is 88.7 Å². The fourth-order valence-corrected chi connectivity index (χ4v) is 17.5. The van der Waals surface area contributed by atoms with Crippen LogP contribution in [0.25, 0.3) is 0 Å². The topological polar surface area (TPSA) is 380 Å². The standard InChI is InChI=1S/C93H175O25P/c1-7-11-15-19-23-25-27-29-30-32-33-35-37-47-56-64-77(96)110-70-75-81(100)83(102)87(106)93(114-75)117-90-88(115-79(98)66-58-49-38-36-34-31-28-26-24-20-16-12-8-2)84(103)85(104)89(116-92-86(105)82(101)80(99)74(67-94)113-92)91(90)118-119(107,108)111-69-73(112-78(97)65-57-50-42-40-46-54-62-72(6)60-52-44-22-18-14-10-4)68-109-76(95)63-55-48-41-39-45-53-61-71(5)59-51-43-21-17-13-9-3/h71-75,80-94,99-106H,7-70H2,1-6H3,(H,107,108). The van der Waals surface area contributed by atoms with Gasteiger partial charge >= 0.3 is 31.7 Å². The Kier molecular flexibility index (Phi) is 65.6. The molecule has 2 heterocycles. The van der Waals surface area contributed by atoms with Crippen LogP contribution in [-0.4, -0.2) is 205 Å². The molecule has 0 amide bonds. The van der Waals surface area contributed by atoms with Crippen molar-refractivity contribution in [2.24, 2.45) is 11.8 Å². The van der Waals surface area contributed by atoms with Crippen molar-refractivity contribution in [3.05, 3.63) is 0 Å². The maximum absolute atomic E-state index is 14.9. The van der Waals surface area contributed by atoms with Crippen LogP contribution in [-0.2, 0) is 70.7 Å². The van der Waals surface area contributed by atoms with Crippen molar-refractivity contribution in [3.63, 3.8) is 0 Å². The van der Waals surface area contributed by atoms with Crippen LogP contribution in [0, 0.1) is 11.8 Å². The van der Waals surface area contributed by atoms with E-state index in [9.17, 15) is 74.6 Å². The maximum Gasteiger partial charge on any atom is 0.472 e. The number of phosphoric ester groups is 1. The predicted octanol–water partition coefficient (Wildman–Crippen LogP) is 18.3. The van der Waals surface area contributed by atoms with Crippen molar-refractivity contribution < 1.29 is 122 Å². The molecule has 1 saturated carbocycles. The Morgan fingerprint density at radius 3 is 1.00 bits per heavy atom. The van der Waals surface area contributed by atoms with Gasteiger partial charge in [-0.2, -0.15) is 0 Å². The van der Waals surface area contributed by atoms with Gasteiger partial charge in [0.2, 0.25) is 0 Å². The molecule has 2 saturated heterocycles. The monoisotopic (exact) mass is 1720 g/mol. The highest BCUT2D eigenvalue weighted by molar-refractivity contribution is 7.47. The Bertz CT molecular complexity index is 2500. The summed E-state index contributed by atoms with van der Waals surface area (Å²) in [7, 11) is -5.81. The Balaban J connectivity index is 1.92. The summed E-state index contributed by atoms with van der Waals surface area (Å²) in [6.45, 7) is 10.3. The number of unbranched alkanes of at least 4 members (excludes halogenated alkanes) is 46. The van der Waals surface area contributed by atoms with Gasteiger partial charge in [-0.25, -0.2) is 4.57 Å². The second kappa shape index (κ2) is 70.5. The van der Waals surface area contributed by atoms with Crippen molar-refractivity contribution in [1.29, 1.82) is 0 Å². The molecule has 0 spiro atoms. The number of aliphatic hydroxyl groups excluding tert-OH is 9. The van der Waals surface area contributed by atoms with Crippen LogP contribution < -0.4 is 0 Å². The summed E-state index contributed by atoms with van der Waals surface area (Å²) in [6, 6.07) is 0. The summed E-state index contributed by atoms with van der Waals surface area (Å²) >= 11 is 0. The fourth-order valence-electron chi connectivity index (χ4n) is 16.5. The molecule has 3 rings (SSSR count). The molecular weight excluding hydrogens is 1550 g/mol. The van der Waals surface area contributed by atoms with Crippen molar-refractivity contribution in [1.82, 2.24) is 0 Å².